The van der Waals surface area contributed by atoms with Crippen molar-refractivity contribution in [2.45, 2.75) is 12.7 Å². The van der Waals surface area contributed by atoms with E-state index in [2.05, 4.69) is 0 Å². The monoisotopic (exact) mass is 362 g/mol. The molecule has 0 saturated carbocycles. The summed E-state index contributed by atoms with van der Waals surface area (Å²) in [6.45, 7) is 1.90. The topological polar surface area (TPSA) is 45.1 Å². The number of hydrogen-bond acceptors (Lipinski definition) is 2. The maximum Gasteiger partial charge on any atom is 0.123 e. The highest BCUT2D eigenvalue weighted by Crippen LogP contribution is 2.32. The van der Waals surface area contributed by atoms with E-state index in [1.165, 1.54) is 12.1 Å². The first-order chi connectivity index (χ1) is 11.5. The van der Waals surface area contributed by atoms with Gasteiger partial charge in [0, 0.05) is 11.4 Å². The van der Waals surface area contributed by atoms with Crippen LogP contribution >= 0.6 is 11.6 Å². The molecule has 3 aromatic rings. The summed E-state index contributed by atoms with van der Waals surface area (Å²) in [6.07, 6.45) is 0. The first-order valence-corrected chi connectivity index (χ1v) is 8.87. The van der Waals surface area contributed by atoms with Gasteiger partial charge in [-0.3, -0.25) is 8.78 Å². The van der Waals surface area contributed by atoms with Gasteiger partial charge in [-0.1, -0.05) is 46.9 Å². The average Bonchev–Trinajstić information content (AvgIpc) is 2.84. The lowest BCUT2D eigenvalue weighted by atomic mass is 10.1. The number of hydrogen-bond donors (Lipinski definition) is 0. The predicted octanol–water partition coefficient (Wildman–Crippen LogP) is 4.62. The minimum atomic E-state index is -2.12. The fourth-order valence-electron chi connectivity index (χ4n) is 2.57. The third-order valence-corrected chi connectivity index (χ3v) is 4.77. The summed E-state index contributed by atoms with van der Waals surface area (Å²) in [5, 5.41) is 0.557. The Morgan fingerprint density at radius 1 is 1.12 bits per heavy atom. The molecule has 0 amide bonds. The minimum Gasteiger partial charge on any atom is -0.772 e. The van der Waals surface area contributed by atoms with Crippen molar-refractivity contribution in [3.05, 3.63) is 76.7 Å². The summed E-state index contributed by atoms with van der Waals surface area (Å²) < 4.78 is 36.6. The third-order valence-electron chi connectivity index (χ3n) is 3.73. The van der Waals surface area contributed by atoms with E-state index in [1.54, 1.807) is 24.3 Å². The van der Waals surface area contributed by atoms with Crippen LogP contribution in [0.2, 0.25) is 5.15 Å². The predicted molar refractivity (Wildman–Crippen MR) is 93.5 cm³/mol. The van der Waals surface area contributed by atoms with Crippen LogP contribution in [-0.2, 0) is 16.8 Å². The lowest BCUT2D eigenvalue weighted by Crippen LogP contribution is -1.98. The average molecular weight is 363 g/mol. The van der Waals surface area contributed by atoms with Crippen LogP contribution in [-0.4, -0.2) is 13.3 Å². The van der Waals surface area contributed by atoms with Crippen LogP contribution < -0.4 is 0 Å². The van der Waals surface area contributed by atoms with E-state index in [0.717, 1.165) is 28.1 Å². The lowest BCUT2D eigenvalue weighted by molar-refractivity contribution is 0.536. The molecule has 1 aromatic heterocycles. The van der Waals surface area contributed by atoms with Crippen molar-refractivity contribution >= 4 is 22.7 Å². The van der Waals surface area contributed by atoms with Crippen LogP contribution in [0.4, 0.5) is 4.39 Å². The molecule has 3 nitrogen and oxygen atoms in total. The van der Waals surface area contributed by atoms with Gasteiger partial charge in [0.15, 0.2) is 0 Å². The Morgan fingerprint density at radius 2 is 1.75 bits per heavy atom. The quantitative estimate of drug-likeness (QED) is 0.635. The van der Waals surface area contributed by atoms with E-state index in [1.807, 2.05) is 29.7 Å². The zero-order valence-corrected chi connectivity index (χ0v) is 14.4. The molecule has 0 aliphatic rings. The van der Waals surface area contributed by atoms with Gasteiger partial charge in [-0.2, -0.15) is 0 Å². The molecule has 124 valence electrons. The van der Waals surface area contributed by atoms with E-state index in [4.69, 9.17) is 11.6 Å². The van der Waals surface area contributed by atoms with Crippen LogP contribution in [0.15, 0.2) is 54.6 Å². The van der Waals surface area contributed by atoms with Gasteiger partial charge in [-0.25, -0.2) is 4.39 Å². The Labute approximate surface area is 147 Å². The van der Waals surface area contributed by atoms with Crippen LogP contribution in [0.3, 0.4) is 0 Å². The second-order valence-electron chi connectivity index (χ2n) is 5.46. The van der Waals surface area contributed by atoms with E-state index < -0.39 is 11.1 Å². The third kappa shape index (κ3) is 3.43. The molecule has 1 atom stereocenters. The van der Waals surface area contributed by atoms with Crippen molar-refractivity contribution in [3.63, 3.8) is 0 Å². The van der Waals surface area contributed by atoms with Crippen LogP contribution in [0.25, 0.3) is 16.9 Å². The minimum absolute atomic E-state index is 0.0148. The molecule has 2 aromatic carbocycles. The molecule has 1 unspecified atom stereocenters. The summed E-state index contributed by atoms with van der Waals surface area (Å²) in [6, 6.07) is 15.3. The SMILES string of the molecule is Cc1cc(-c2ccc(CS(=O)[O-])cc2)n(-c2ccc(F)cc2)c1Cl. The van der Waals surface area contributed by atoms with Gasteiger partial charge < -0.3 is 4.55 Å². The summed E-state index contributed by atoms with van der Waals surface area (Å²) in [4.78, 5) is 0. The number of aryl methyl sites for hydroxylation is 1. The highest BCUT2D eigenvalue weighted by molar-refractivity contribution is 7.78. The second kappa shape index (κ2) is 6.89. The second-order valence-corrected chi connectivity index (χ2v) is 6.71. The van der Waals surface area contributed by atoms with Crippen molar-refractivity contribution < 1.29 is 13.2 Å². The largest absolute Gasteiger partial charge is 0.772 e. The zero-order chi connectivity index (χ0) is 17.3. The molecule has 0 bridgehead atoms. The molecule has 0 radical (unpaired) electrons. The first kappa shape index (κ1) is 16.9. The van der Waals surface area contributed by atoms with Gasteiger partial charge in [0.05, 0.1) is 5.69 Å². The van der Waals surface area contributed by atoms with Gasteiger partial charge in [-0.05, 0) is 53.9 Å². The smallest absolute Gasteiger partial charge is 0.123 e. The molecule has 0 aliphatic heterocycles. The number of rotatable bonds is 4. The molecular formula is C18H14ClFNO2S-. The highest BCUT2D eigenvalue weighted by atomic mass is 35.5. The van der Waals surface area contributed by atoms with Gasteiger partial charge >= 0.3 is 0 Å². The maximum absolute atomic E-state index is 13.2. The fourth-order valence-corrected chi connectivity index (χ4v) is 3.28. The van der Waals surface area contributed by atoms with E-state index in [-0.39, 0.29) is 11.6 Å². The Bertz CT molecular complexity index is 889. The Morgan fingerprint density at radius 3 is 2.33 bits per heavy atom. The normalized spacial score (nSPS) is 12.3. The molecular weight excluding hydrogens is 349 g/mol. The Hall–Kier alpha value is -1.95. The molecule has 0 saturated heterocycles. The highest BCUT2D eigenvalue weighted by Gasteiger charge is 2.14. The fraction of sp³-hybridized carbons (Fsp3) is 0.111. The lowest BCUT2D eigenvalue weighted by Gasteiger charge is -2.12. The summed E-state index contributed by atoms with van der Waals surface area (Å²) in [5.74, 6) is -0.325. The molecule has 0 spiro atoms. The van der Waals surface area contributed by atoms with Crippen molar-refractivity contribution in [2.75, 3.05) is 0 Å². The number of aromatic nitrogens is 1. The molecule has 6 heteroatoms. The first-order valence-electron chi connectivity index (χ1n) is 7.24. The Kier molecular flexibility index (Phi) is 4.85. The number of nitrogens with zero attached hydrogens (tertiary/aromatic N) is 1. The van der Waals surface area contributed by atoms with Crippen molar-refractivity contribution in [1.29, 1.82) is 0 Å². The molecule has 0 fully saturated rings. The van der Waals surface area contributed by atoms with Crippen molar-refractivity contribution in [2.24, 2.45) is 0 Å². The summed E-state index contributed by atoms with van der Waals surface area (Å²) in [5.41, 5.74) is 4.14. The molecule has 0 N–H and O–H groups in total. The molecule has 24 heavy (non-hydrogen) atoms. The van der Waals surface area contributed by atoms with Gasteiger partial charge in [0.1, 0.15) is 11.0 Å². The zero-order valence-electron chi connectivity index (χ0n) is 12.8. The van der Waals surface area contributed by atoms with Crippen LogP contribution in [0, 0.1) is 12.7 Å². The molecule has 3 rings (SSSR count). The van der Waals surface area contributed by atoms with Crippen LogP contribution in [0.1, 0.15) is 11.1 Å². The molecule has 1 heterocycles. The summed E-state index contributed by atoms with van der Waals surface area (Å²) in [7, 11) is 0. The van der Waals surface area contributed by atoms with Gasteiger partial charge in [0.25, 0.3) is 0 Å². The Balaban J connectivity index is 2.06. The van der Waals surface area contributed by atoms with Crippen molar-refractivity contribution in [3.8, 4) is 16.9 Å². The van der Waals surface area contributed by atoms with Gasteiger partial charge in [0.2, 0.25) is 0 Å². The number of halogens is 2. The van der Waals surface area contributed by atoms with Gasteiger partial charge in [-0.15, -0.1) is 0 Å². The van der Waals surface area contributed by atoms with E-state index in [9.17, 15) is 13.2 Å². The number of benzene rings is 2. The summed E-state index contributed by atoms with van der Waals surface area (Å²) >= 11 is 4.31. The van der Waals surface area contributed by atoms with Crippen LogP contribution in [0.5, 0.6) is 0 Å². The van der Waals surface area contributed by atoms with E-state index in [0.29, 0.717) is 5.15 Å². The maximum atomic E-state index is 13.2. The standard InChI is InChI=1S/C18H15ClFNO2S/c1-12-10-17(14-4-2-13(3-5-14)11-24(22)23)21(18(12)19)16-8-6-15(20)7-9-16/h2-10H,11H2,1H3,(H,22,23)/p-1. The van der Waals surface area contributed by atoms with E-state index >= 15 is 0 Å². The molecule has 0 aliphatic carbocycles. The van der Waals surface area contributed by atoms with Crippen molar-refractivity contribution in [1.82, 2.24) is 4.57 Å².